The van der Waals surface area contributed by atoms with Gasteiger partial charge >= 0.3 is 0 Å². The van der Waals surface area contributed by atoms with Crippen LogP contribution in [0.25, 0.3) is 37.9 Å². The summed E-state index contributed by atoms with van der Waals surface area (Å²) in [5.41, 5.74) is 26.6. The van der Waals surface area contributed by atoms with E-state index in [2.05, 4.69) is 122 Å². The fourth-order valence-electron chi connectivity index (χ4n) is 9.86. The Hall–Kier alpha value is -6.02. The second-order valence-electron chi connectivity index (χ2n) is 18.3. The van der Waals surface area contributed by atoms with Crippen LogP contribution < -0.4 is 31.9 Å². The lowest BCUT2D eigenvalue weighted by Gasteiger charge is -2.44. The summed E-state index contributed by atoms with van der Waals surface area (Å²) in [6.45, 7) is 8.35. The molecule has 336 valence electrons. The van der Waals surface area contributed by atoms with Crippen molar-refractivity contribution in [3.63, 3.8) is 0 Å². The number of para-hydroxylation sites is 1. The number of benzene rings is 4. The molecule has 4 fully saturated rings. The molecule has 12 heteroatoms. The second kappa shape index (κ2) is 18.3. The smallest absolute Gasteiger partial charge is 0.257 e. The predicted octanol–water partition coefficient (Wildman–Crippen LogP) is 10.7. The van der Waals surface area contributed by atoms with Crippen LogP contribution in [0.3, 0.4) is 0 Å². The highest BCUT2D eigenvalue weighted by Crippen LogP contribution is 2.51. The summed E-state index contributed by atoms with van der Waals surface area (Å²) >= 11 is 3.44. The van der Waals surface area contributed by atoms with Crippen molar-refractivity contribution in [2.45, 2.75) is 43.7 Å². The van der Waals surface area contributed by atoms with E-state index in [4.69, 9.17) is 16.5 Å². The lowest BCUT2D eigenvalue weighted by molar-refractivity contribution is 0.102. The van der Waals surface area contributed by atoms with Crippen LogP contribution in [-0.2, 0) is 0 Å². The predicted molar refractivity (Wildman–Crippen MR) is 278 cm³/mol. The molecule has 7 aromatic rings. The molecule has 2 saturated heterocycles. The number of hydrogen-bond acceptors (Lipinski definition) is 11. The molecule has 66 heavy (non-hydrogen) atoms. The molecular weight excluding hydrogens is 855 g/mol. The highest BCUT2D eigenvalue weighted by molar-refractivity contribution is 7.13. The van der Waals surface area contributed by atoms with Gasteiger partial charge < -0.3 is 36.8 Å². The number of thiophene rings is 2. The lowest BCUT2D eigenvalue weighted by Crippen LogP contribution is -2.54. The molecule has 3 aliphatic heterocycles. The molecule has 6 N–H and O–H groups in total. The fourth-order valence-corrected chi connectivity index (χ4v) is 11.3. The summed E-state index contributed by atoms with van der Waals surface area (Å²) in [5, 5.41) is 11.7. The minimum Gasteiger partial charge on any atom is -0.397 e. The highest BCUT2D eigenvalue weighted by Gasteiger charge is 2.36. The minimum absolute atomic E-state index is 0.176. The van der Waals surface area contributed by atoms with Gasteiger partial charge in [-0.2, -0.15) is 0 Å². The van der Waals surface area contributed by atoms with Gasteiger partial charge in [0.25, 0.3) is 5.91 Å². The number of likely N-dealkylation sites (N-methyl/N-ethyl adjacent to an activating group) is 1. The van der Waals surface area contributed by atoms with Gasteiger partial charge in [-0.3, -0.25) is 14.7 Å². The number of aromatic nitrogens is 1. The van der Waals surface area contributed by atoms with E-state index in [9.17, 15) is 4.79 Å². The van der Waals surface area contributed by atoms with Crippen LogP contribution in [0.15, 0.2) is 120 Å². The lowest BCUT2D eigenvalue weighted by atomic mass is 9.96. The monoisotopic (exact) mass is 911 g/mol. The molecule has 3 aromatic heterocycles. The summed E-state index contributed by atoms with van der Waals surface area (Å²) in [6.07, 6.45) is 11.6. The first-order chi connectivity index (χ1) is 32.4. The zero-order valence-corrected chi connectivity index (χ0v) is 39.1. The molecule has 5 aliphatic rings. The molecule has 0 bridgehead atoms. The van der Waals surface area contributed by atoms with Crippen LogP contribution >= 0.6 is 22.7 Å². The third kappa shape index (κ3) is 8.71. The maximum atomic E-state index is 13.2. The van der Waals surface area contributed by atoms with Gasteiger partial charge in [0, 0.05) is 84.9 Å². The zero-order valence-electron chi connectivity index (χ0n) is 37.5. The largest absolute Gasteiger partial charge is 0.397 e. The number of anilines is 6. The average molecular weight is 912 g/mol. The number of amides is 1. The van der Waals surface area contributed by atoms with E-state index < -0.39 is 0 Å². The third-order valence-electron chi connectivity index (χ3n) is 13.8. The Morgan fingerprint density at radius 2 is 1.45 bits per heavy atom. The van der Waals surface area contributed by atoms with Gasteiger partial charge in [0.1, 0.15) is 6.17 Å². The van der Waals surface area contributed by atoms with Crippen molar-refractivity contribution in [2.24, 2.45) is 0 Å². The molecule has 4 aromatic carbocycles. The van der Waals surface area contributed by atoms with Crippen LogP contribution in [0.4, 0.5) is 34.1 Å². The van der Waals surface area contributed by atoms with Gasteiger partial charge in [-0.15, -0.1) is 22.7 Å². The van der Waals surface area contributed by atoms with Gasteiger partial charge in [0.05, 0.1) is 39.5 Å². The number of carbonyl (C=O) groups excluding carboxylic acids is 1. The van der Waals surface area contributed by atoms with E-state index in [0.29, 0.717) is 28.8 Å². The molecule has 0 radical (unpaired) electrons. The van der Waals surface area contributed by atoms with Crippen LogP contribution in [0, 0.1) is 0 Å². The maximum Gasteiger partial charge on any atom is 0.257 e. The van der Waals surface area contributed by atoms with Crippen molar-refractivity contribution >= 4 is 79.7 Å². The summed E-state index contributed by atoms with van der Waals surface area (Å²) in [7, 11) is 2.18. The Morgan fingerprint density at radius 1 is 0.742 bits per heavy atom. The van der Waals surface area contributed by atoms with Crippen LogP contribution in [-0.4, -0.2) is 86.3 Å². The van der Waals surface area contributed by atoms with Gasteiger partial charge in [-0.25, -0.2) is 0 Å². The van der Waals surface area contributed by atoms with Crippen molar-refractivity contribution < 1.29 is 4.79 Å². The molecule has 2 saturated carbocycles. The van der Waals surface area contributed by atoms with E-state index in [1.807, 2.05) is 35.7 Å². The van der Waals surface area contributed by atoms with Gasteiger partial charge in [0.15, 0.2) is 0 Å². The van der Waals surface area contributed by atoms with Crippen molar-refractivity contribution in [3.8, 4) is 20.9 Å². The highest BCUT2D eigenvalue weighted by atomic mass is 32.1. The SMILES string of the molecule is CN1CCN(c2ccc3cc(C(=O)Nc4cc(-c5cccs5)ccc4N)cnc3c2C2CC2)CC1.Nc1ccc(-c2cccs2)cc1N1c2c(cccc2C2CC2)C=CC1N1CCNCC1. The average Bonchev–Trinajstić information content (AvgIpc) is 4.26. The minimum atomic E-state index is -0.203. The van der Waals surface area contributed by atoms with E-state index in [1.165, 1.54) is 64.2 Å². The standard InChI is InChI=1S/C28H29N5OS.C26H28N4S/c1-32-10-12-33(13-11-32)24-9-7-20-15-21(17-30-27(20)26(24)18-4-5-18)28(34)31-23-16-19(6-8-22(23)29)25-3-2-14-35-25;27-22-10-8-20(24-5-2-16-31-24)17-23(22)30-25(29-14-12-28-13-15-29)11-9-19-3-1-4-21(26(19)30)18-6-7-18/h2-3,6-9,14-18H,4-5,10-13,29H2,1H3,(H,31,34);1-5,8-11,16-18,25,28H,6-7,12-15,27H2. The van der Waals surface area contributed by atoms with E-state index in [0.717, 1.165) is 85.1 Å². The Balaban J connectivity index is 0.000000147. The van der Waals surface area contributed by atoms with Crippen LogP contribution in [0.2, 0.25) is 0 Å². The van der Waals surface area contributed by atoms with Crippen molar-refractivity contribution in [3.05, 3.63) is 142 Å². The number of carbonyl (C=O) groups is 1. The molecule has 12 rings (SSSR count). The number of nitrogen functional groups attached to an aromatic ring is 2. The molecule has 10 nitrogen and oxygen atoms in total. The normalized spacial score (nSPS) is 18.8. The number of nitrogens with zero attached hydrogens (tertiary/aromatic N) is 5. The molecular formula is C54H57N9OS2. The topological polar surface area (TPSA) is 119 Å². The molecule has 1 amide bonds. The molecule has 0 spiro atoms. The molecule has 1 unspecified atom stereocenters. The quantitative estimate of drug-likeness (QED) is 0.105. The molecule has 1 atom stereocenters. The summed E-state index contributed by atoms with van der Waals surface area (Å²) in [5.74, 6) is 1.04. The van der Waals surface area contributed by atoms with Crippen LogP contribution in [0.1, 0.15) is 64.6 Å². The molecule has 2 aliphatic carbocycles. The number of nitrogens with one attached hydrogen (secondary N) is 2. The number of fused-ring (bicyclic) bond motifs is 2. The first-order valence-corrected chi connectivity index (χ1v) is 25.2. The summed E-state index contributed by atoms with van der Waals surface area (Å²) < 4.78 is 0. The van der Waals surface area contributed by atoms with E-state index >= 15 is 0 Å². The van der Waals surface area contributed by atoms with E-state index in [-0.39, 0.29) is 12.1 Å². The number of rotatable bonds is 9. The third-order valence-corrected chi connectivity index (χ3v) is 15.6. The molecule has 6 heterocycles. The van der Waals surface area contributed by atoms with Gasteiger partial charge in [-0.05, 0) is 132 Å². The van der Waals surface area contributed by atoms with Crippen molar-refractivity contribution in [1.82, 2.24) is 20.1 Å². The summed E-state index contributed by atoms with van der Waals surface area (Å²) in [4.78, 5) is 30.4. The van der Waals surface area contributed by atoms with E-state index in [1.54, 1.807) is 28.9 Å². The zero-order chi connectivity index (χ0) is 44.7. The Bertz CT molecular complexity index is 2890. The van der Waals surface area contributed by atoms with Gasteiger partial charge in [0.2, 0.25) is 0 Å². The number of hydrogen-bond donors (Lipinski definition) is 4. The van der Waals surface area contributed by atoms with Gasteiger partial charge in [-0.1, -0.05) is 54.6 Å². The Kier molecular flexibility index (Phi) is 11.8. The Labute approximate surface area is 395 Å². The first kappa shape index (κ1) is 42.6. The Morgan fingerprint density at radius 3 is 2.15 bits per heavy atom. The van der Waals surface area contributed by atoms with Crippen molar-refractivity contribution in [1.29, 1.82) is 0 Å². The van der Waals surface area contributed by atoms with Crippen molar-refractivity contribution in [2.75, 3.05) is 86.0 Å². The maximum absolute atomic E-state index is 13.2. The number of piperazine rings is 2. The first-order valence-electron chi connectivity index (χ1n) is 23.5. The number of pyridine rings is 1. The van der Waals surface area contributed by atoms with Crippen LogP contribution in [0.5, 0.6) is 0 Å². The summed E-state index contributed by atoms with van der Waals surface area (Å²) in [6, 6.07) is 33.7. The fraction of sp³-hybridized carbons (Fsp3) is 0.296. The number of nitrogens with two attached hydrogens (primary N) is 2. The second-order valence-corrected chi connectivity index (χ2v) is 20.2.